The van der Waals surface area contributed by atoms with E-state index < -0.39 is 12.0 Å². The number of nitrogens with one attached hydrogen (secondary N) is 1. The first-order chi connectivity index (χ1) is 12.1. The van der Waals surface area contributed by atoms with Crippen molar-refractivity contribution in [3.8, 4) is 12.3 Å². The maximum atomic E-state index is 12.5. The second-order valence-electron chi connectivity index (χ2n) is 4.95. The Morgan fingerprint density at radius 3 is 2.32 bits per heavy atom. The highest BCUT2D eigenvalue weighted by Crippen LogP contribution is 2.16. The Balaban J connectivity index is 2.17. The molecule has 126 valence electrons. The van der Waals surface area contributed by atoms with E-state index in [4.69, 9.17) is 18.6 Å². The zero-order chi connectivity index (χ0) is 18.2. The van der Waals surface area contributed by atoms with E-state index in [-0.39, 0.29) is 6.54 Å². The fourth-order valence-electron chi connectivity index (χ4n) is 2.09. The summed E-state index contributed by atoms with van der Waals surface area (Å²) >= 11 is 5.25. The molecule has 0 aliphatic heterocycles. The Bertz CT molecular complexity index is 811. The number of carbonyl (C=O) groups excluding carboxylic acids is 2. The third-order valence-corrected chi connectivity index (χ3v) is 3.69. The van der Waals surface area contributed by atoms with Crippen LogP contribution in [0.2, 0.25) is 0 Å². The average Bonchev–Trinajstić information content (AvgIpc) is 2.66. The topological polar surface area (TPSA) is 58.6 Å². The first kappa shape index (κ1) is 18.2. The normalized spacial score (nSPS) is 9.60. The van der Waals surface area contributed by atoms with Gasteiger partial charge in [0.15, 0.2) is 0 Å². The zero-order valence-electron chi connectivity index (χ0n) is 13.6. The number of carbonyl (C=O) groups is 2. The number of methoxy groups -OCH3 is 1. The number of amides is 2. The van der Waals surface area contributed by atoms with E-state index in [9.17, 15) is 9.59 Å². The molecule has 6 heteroatoms. The van der Waals surface area contributed by atoms with Gasteiger partial charge in [0.2, 0.25) is 0 Å². The summed E-state index contributed by atoms with van der Waals surface area (Å²) in [5.41, 5.74) is 1.65. The molecular weight excluding hydrogens is 336 g/mol. The molecule has 2 amide bonds. The summed E-state index contributed by atoms with van der Waals surface area (Å²) in [5.74, 6) is 1.99. The minimum Gasteiger partial charge on any atom is -0.465 e. The molecule has 5 nitrogen and oxygen atoms in total. The van der Waals surface area contributed by atoms with E-state index in [2.05, 4.69) is 16.0 Å². The molecule has 2 aromatic rings. The van der Waals surface area contributed by atoms with Gasteiger partial charge in [0.25, 0.3) is 0 Å². The van der Waals surface area contributed by atoms with Gasteiger partial charge in [-0.05, 0) is 24.3 Å². The summed E-state index contributed by atoms with van der Waals surface area (Å²) in [7, 11) is 1.30. The van der Waals surface area contributed by atoms with Crippen LogP contribution >= 0.6 is 12.2 Å². The third kappa shape index (κ3) is 4.66. The minimum absolute atomic E-state index is 0.0564. The molecule has 0 unspecified atom stereocenters. The van der Waals surface area contributed by atoms with Crippen molar-refractivity contribution >= 4 is 34.9 Å². The fraction of sp³-hybridized carbons (Fsp3) is 0.105. The van der Waals surface area contributed by atoms with Crippen molar-refractivity contribution in [3.05, 3.63) is 65.7 Å². The number of ether oxygens (including phenoxy) is 1. The highest BCUT2D eigenvalue weighted by atomic mass is 32.1. The number of thiocarbonyl (C=S) groups is 1. The molecule has 0 spiro atoms. The molecule has 0 fully saturated rings. The number of terminal acetylenes is 1. The van der Waals surface area contributed by atoms with Crippen LogP contribution in [0.4, 0.5) is 10.5 Å². The van der Waals surface area contributed by atoms with E-state index in [1.807, 2.05) is 18.2 Å². The summed E-state index contributed by atoms with van der Waals surface area (Å²) in [4.78, 5) is 25.7. The fourth-order valence-corrected chi connectivity index (χ4v) is 2.32. The van der Waals surface area contributed by atoms with Crippen LogP contribution in [0, 0.1) is 12.3 Å². The van der Waals surface area contributed by atoms with Gasteiger partial charge in [0.05, 0.1) is 19.2 Å². The molecule has 2 rings (SSSR count). The van der Waals surface area contributed by atoms with Crippen molar-refractivity contribution in [3.63, 3.8) is 0 Å². The second-order valence-corrected chi connectivity index (χ2v) is 5.36. The molecule has 0 aromatic heterocycles. The number of esters is 1. The van der Waals surface area contributed by atoms with Gasteiger partial charge in [-0.3, -0.25) is 10.2 Å². The summed E-state index contributed by atoms with van der Waals surface area (Å²) in [5, 5.41) is 2.66. The van der Waals surface area contributed by atoms with E-state index in [1.54, 1.807) is 36.4 Å². The lowest BCUT2D eigenvalue weighted by atomic mass is 10.2. The Morgan fingerprint density at radius 2 is 1.76 bits per heavy atom. The van der Waals surface area contributed by atoms with Crippen LogP contribution < -0.4 is 10.2 Å². The Kier molecular flexibility index (Phi) is 6.26. The first-order valence-electron chi connectivity index (χ1n) is 7.36. The van der Waals surface area contributed by atoms with Gasteiger partial charge >= 0.3 is 12.0 Å². The van der Waals surface area contributed by atoms with Gasteiger partial charge < -0.3 is 4.74 Å². The van der Waals surface area contributed by atoms with E-state index in [0.29, 0.717) is 16.2 Å². The molecular formula is C19H16N2O3S. The van der Waals surface area contributed by atoms with Gasteiger partial charge in [-0.25, -0.2) is 9.59 Å². The highest BCUT2D eigenvalue weighted by Gasteiger charge is 2.17. The monoisotopic (exact) mass is 352 g/mol. The molecule has 1 N–H and O–H groups in total. The van der Waals surface area contributed by atoms with Crippen LogP contribution in [0.3, 0.4) is 0 Å². The predicted octanol–water partition coefficient (Wildman–Crippen LogP) is 3.00. The van der Waals surface area contributed by atoms with Crippen LogP contribution in [-0.4, -0.2) is 30.6 Å². The largest absolute Gasteiger partial charge is 0.465 e. The van der Waals surface area contributed by atoms with Crippen LogP contribution in [-0.2, 0) is 4.74 Å². The van der Waals surface area contributed by atoms with E-state index in [0.717, 1.165) is 5.56 Å². The number of rotatable bonds is 4. The SMILES string of the molecule is C#CCN(C(=O)NC(=S)c1ccccc1)c1ccc(C(=O)OC)cc1. The standard InChI is InChI=1S/C19H16N2O3S/c1-3-13-21(16-11-9-15(10-12-16)18(22)24-2)19(23)20-17(25)14-7-5-4-6-8-14/h1,4-12H,13H2,2H3,(H,20,23,25). The summed E-state index contributed by atoms with van der Waals surface area (Å²) in [6.07, 6.45) is 5.37. The lowest BCUT2D eigenvalue weighted by molar-refractivity contribution is 0.0600. The van der Waals surface area contributed by atoms with E-state index in [1.165, 1.54) is 12.0 Å². The maximum Gasteiger partial charge on any atom is 0.337 e. The molecule has 0 atom stereocenters. The van der Waals surface area contributed by atoms with Crippen molar-refractivity contribution < 1.29 is 14.3 Å². The molecule has 0 radical (unpaired) electrons. The van der Waals surface area contributed by atoms with Crippen LogP contribution in [0.15, 0.2) is 54.6 Å². The number of hydrogen-bond donors (Lipinski definition) is 1. The minimum atomic E-state index is -0.454. The van der Waals surface area contributed by atoms with Crippen molar-refractivity contribution in [2.75, 3.05) is 18.6 Å². The van der Waals surface area contributed by atoms with E-state index >= 15 is 0 Å². The van der Waals surface area contributed by atoms with Gasteiger partial charge in [-0.15, -0.1) is 6.42 Å². The molecule has 2 aromatic carbocycles. The number of anilines is 1. The number of urea groups is 1. The molecule has 25 heavy (non-hydrogen) atoms. The van der Waals surface area contributed by atoms with Gasteiger partial charge in [-0.1, -0.05) is 48.5 Å². The highest BCUT2D eigenvalue weighted by molar-refractivity contribution is 7.80. The average molecular weight is 352 g/mol. The van der Waals surface area contributed by atoms with Crippen LogP contribution in [0.1, 0.15) is 15.9 Å². The molecule has 0 saturated heterocycles. The molecule has 0 saturated carbocycles. The second kappa shape index (κ2) is 8.62. The van der Waals surface area contributed by atoms with Crippen LogP contribution in [0.5, 0.6) is 0 Å². The van der Waals surface area contributed by atoms with Gasteiger partial charge in [0.1, 0.15) is 4.99 Å². The Morgan fingerprint density at radius 1 is 1.12 bits per heavy atom. The molecule has 0 aliphatic rings. The summed E-state index contributed by atoms with van der Waals surface area (Å²) in [6.45, 7) is 0.0564. The summed E-state index contributed by atoms with van der Waals surface area (Å²) < 4.78 is 4.65. The molecule has 0 aliphatic carbocycles. The lowest BCUT2D eigenvalue weighted by Crippen LogP contribution is -2.43. The number of benzene rings is 2. The number of hydrogen-bond acceptors (Lipinski definition) is 4. The van der Waals surface area contributed by atoms with Crippen molar-refractivity contribution in [2.45, 2.75) is 0 Å². The maximum absolute atomic E-state index is 12.5. The van der Waals surface area contributed by atoms with Crippen molar-refractivity contribution in [1.82, 2.24) is 5.32 Å². The van der Waals surface area contributed by atoms with Crippen LogP contribution in [0.25, 0.3) is 0 Å². The predicted molar refractivity (Wildman–Crippen MR) is 101 cm³/mol. The quantitative estimate of drug-likeness (QED) is 0.522. The van der Waals surface area contributed by atoms with Gasteiger partial charge in [-0.2, -0.15) is 0 Å². The number of nitrogens with zero attached hydrogens (tertiary/aromatic N) is 1. The third-order valence-electron chi connectivity index (χ3n) is 3.35. The summed E-state index contributed by atoms with van der Waals surface area (Å²) in [6, 6.07) is 15.1. The van der Waals surface area contributed by atoms with Crippen molar-refractivity contribution in [2.24, 2.45) is 0 Å². The molecule has 0 heterocycles. The first-order valence-corrected chi connectivity index (χ1v) is 7.77. The lowest BCUT2D eigenvalue weighted by Gasteiger charge is -2.21. The Labute approximate surface area is 151 Å². The Hall–Kier alpha value is -3.17. The molecule has 0 bridgehead atoms. The smallest absolute Gasteiger partial charge is 0.337 e. The zero-order valence-corrected chi connectivity index (χ0v) is 14.4. The van der Waals surface area contributed by atoms with Gasteiger partial charge in [0, 0.05) is 11.3 Å². The van der Waals surface area contributed by atoms with Crippen molar-refractivity contribution in [1.29, 1.82) is 0 Å².